The van der Waals surface area contributed by atoms with Gasteiger partial charge < -0.3 is 11.1 Å². The molecule has 0 saturated carbocycles. The van der Waals surface area contributed by atoms with Crippen molar-refractivity contribution in [3.05, 3.63) is 59.8 Å². The molecule has 98 valence electrons. The number of pyridine rings is 1. The molecule has 0 unspecified atom stereocenters. The van der Waals surface area contributed by atoms with E-state index in [1.54, 1.807) is 6.20 Å². The van der Waals surface area contributed by atoms with Gasteiger partial charge in [0, 0.05) is 6.20 Å². The maximum Gasteiger partial charge on any atom is 0.242 e. The molecule has 0 spiro atoms. The molecule has 19 heavy (non-hydrogen) atoms. The van der Waals surface area contributed by atoms with Crippen LogP contribution >= 0.6 is 0 Å². The molecule has 0 aliphatic carbocycles. The van der Waals surface area contributed by atoms with Crippen molar-refractivity contribution in [2.75, 3.05) is 5.32 Å². The van der Waals surface area contributed by atoms with Gasteiger partial charge in [0.15, 0.2) is 0 Å². The summed E-state index contributed by atoms with van der Waals surface area (Å²) in [6.45, 7) is 1.89. The van der Waals surface area contributed by atoms with Gasteiger partial charge in [-0.2, -0.15) is 0 Å². The van der Waals surface area contributed by atoms with Crippen molar-refractivity contribution < 1.29 is 4.79 Å². The number of anilines is 1. The first kappa shape index (κ1) is 13.2. The zero-order chi connectivity index (χ0) is 13.7. The predicted molar refractivity (Wildman–Crippen MR) is 75.7 cm³/mol. The predicted octanol–water partition coefficient (Wildman–Crippen LogP) is 1.90. The van der Waals surface area contributed by atoms with E-state index < -0.39 is 6.04 Å². The summed E-state index contributed by atoms with van der Waals surface area (Å²) in [5, 5.41) is 2.76. The number of aryl methyl sites for hydroxylation is 1. The van der Waals surface area contributed by atoms with E-state index in [1.807, 2.05) is 49.4 Å². The van der Waals surface area contributed by atoms with Gasteiger partial charge in [-0.1, -0.05) is 36.4 Å². The number of hydrogen-bond donors (Lipinski definition) is 2. The van der Waals surface area contributed by atoms with Crippen LogP contribution in [0.15, 0.2) is 48.7 Å². The van der Waals surface area contributed by atoms with Crippen LogP contribution in [0.4, 0.5) is 5.82 Å². The molecule has 1 aromatic carbocycles. The zero-order valence-electron chi connectivity index (χ0n) is 10.8. The Bertz CT molecular complexity index is 554. The Morgan fingerprint density at radius 3 is 2.68 bits per heavy atom. The summed E-state index contributed by atoms with van der Waals surface area (Å²) in [7, 11) is 0. The number of carbonyl (C=O) groups excluding carboxylic acids is 1. The lowest BCUT2D eigenvalue weighted by atomic mass is 10.1. The third kappa shape index (κ3) is 3.63. The fraction of sp³-hybridized carbons (Fsp3) is 0.200. The standard InChI is InChI=1S/C15H17N3O/c1-11-6-5-9-17-14(11)18-15(19)13(16)10-12-7-3-2-4-8-12/h2-9,13H,10,16H2,1H3,(H,17,18,19)/t13-/m0/s1. The quantitative estimate of drug-likeness (QED) is 0.876. The second-order valence-electron chi connectivity index (χ2n) is 4.45. The minimum atomic E-state index is -0.580. The normalized spacial score (nSPS) is 11.9. The molecule has 0 saturated heterocycles. The minimum Gasteiger partial charge on any atom is -0.320 e. The molecule has 0 fully saturated rings. The van der Waals surface area contributed by atoms with E-state index in [1.165, 1.54) is 0 Å². The van der Waals surface area contributed by atoms with Crippen LogP contribution in [-0.4, -0.2) is 16.9 Å². The van der Waals surface area contributed by atoms with Crippen LogP contribution in [0.1, 0.15) is 11.1 Å². The SMILES string of the molecule is Cc1cccnc1NC(=O)[C@@H](N)Cc1ccccc1. The van der Waals surface area contributed by atoms with Gasteiger partial charge in [0.05, 0.1) is 6.04 Å². The van der Waals surface area contributed by atoms with Crippen LogP contribution in [0.3, 0.4) is 0 Å². The summed E-state index contributed by atoms with van der Waals surface area (Å²) >= 11 is 0. The molecular formula is C15H17N3O. The summed E-state index contributed by atoms with van der Waals surface area (Å²) < 4.78 is 0. The number of nitrogens with two attached hydrogens (primary N) is 1. The van der Waals surface area contributed by atoms with Gasteiger partial charge >= 0.3 is 0 Å². The van der Waals surface area contributed by atoms with Gasteiger partial charge in [-0.25, -0.2) is 4.98 Å². The first-order chi connectivity index (χ1) is 9.16. The summed E-state index contributed by atoms with van der Waals surface area (Å²) in [6.07, 6.45) is 2.16. The maximum atomic E-state index is 12.0. The highest BCUT2D eigenvalue weighted by Crippen LogP contribution is 2.10. The molecular weight excluding hydrogens is 238 g/mol. The zero-order valence-corrected chi connectivity index (χ0v) is 10.8. The van der Waals surface area contributed by atoms with Crippen LogP contribution < -0.4 is 11.1 Å². The third-order valence-electron chi connectivity index (χ3n) is 2.89. The van der Waals surface area contributed by atoms with Gasteiger partial charge in [0.1, 0.15) is 5.82 Å². The fourth-order valence-corrected chi connectivity index (χ4v) is 1.79. The smallest absolute Gasteiger partial charge is 0.242 e. The van der Waals surface area contributed by atoms with Gasteiger partial charge in [-0.05, 0) is 30.5 Å². The number of amides is 1. The monoisotopic (exact) mass is 255 g/mol. The van der Waals surface area contributed by atoms with Gasteiger partial charge in [0.2, 0.25) is 5.91 Å². The first-order valence-electron chi connectivity index (χ1n) is 6.19. The lowest BCUT2D eigenvalue weighted by Crippen LogP contribution is -2.37. The minimum absolute atomic E-state index is 0.217. The number of nitrogens with one attached hydrogen (secondary N) is 1. The molecule has 4 heteroatoms. The van der Waals surface area contributed by atoms with Crippen molar-refractivity contribution in [3.63, 3.8) is 0 Å². The van der Waals surface area contributed by atoms with E-state index in [0.717, 1.165) is 11.1 Å². The lowest BCUT2D eigenvalue weighted by Gasteiger charge is -2.13. The van der Waals surface area contributed by atoms with E-state index in [2.05, 4.69) is 10.3 Å². The average Bonchev–Trinajstić information content (AvgIpc) is 2.42. The second kappa shape index (κ2) is 6.11. The third-order valence-corrected chi connectivity index (χ3v) is 2.89. The molecule has 1 aromatic heterocycles. The van der Waals surface area contributed by atoms with E-state index in [9.17, 15) is 4.79 Å². The Kier molecular flexibility index (Phi) is 4.26. The fourth-order valence-electron chi connectivity index (χ4n) is 1.79. The molecule has 0 bridgehead atoms. The van der Waals surface area contributed by atoms with Crippen LogP contribution in [0.5, 0.6) is 0 Å². The van der Waals surface area contributed by atoms with Crippen LogP contribution in [0, 0.1) is 6.92 Å². The van der Waals surface area contributed by atoms with E-state index in [-0.39, 0.29) is 5.91 Å². The molecule has 4 nitrogen and oxygen atoms in total. The number of carbonyl (C=O) groups is 1. The Morgan fingerprint density at radius 1 is 1.26 bits per heavy atom. The lowest BCUT2D eigenvalue weighted by molar-refractivity contribution is -0.117. The molecule has 3 N–H and O–H groups in total. The Morgan fingerprint density at radius 2 is 2.00 bits per heavy atom. The van der Waals surface area contributed by atoms with Gasteiger partial charge in [0.25, 0.3) is 0 Å². The molecule has 1 amide bonds. The molecule has 1 atom stereocenters. The van der Waals surface area contributed by atoms with Crippen molar-refractivity contribution in [1.29, 1.82) is 0 Å². The van der Waals surface area contributed by atoms with E-state index in [4.69, 9.17) is 5.73 Å². The summed E-state index contributed by atoms with van der Waals surface area (Å²) in [4.78, 5) is 16.1. The first-order valence-corrected chi connectivity index (χ1v) is 6.19. The van der Waals surface area contributed by atoms with Crippen molar-refractivity contribution in [2.24, 2.45) is 5.73 Å². The molecule has 2 aromatic rings. The number of benzene rings is 1. The Hall–Kier alpha value is -2.20. The van der Waals surface area contributed by atoms with Crippen LogP contribution in [-0.2, 0) is 11.2 Å². The largest absolute Gasteiger partial charge is 0.320 e. The molecule has 2 rings (SSSR count). The summed E-state index contributed by atoms with van der Waals surface area (Å²) in [5.74, 6) is 0.349. The number of hydrogen-bond acceptors (Lipinski definition) is 3. The average molecular weight is 255 g/mol. The maximum absolute atomic E-state index is 12.0. The Labute approximate surface area is 112 Å². The molecule has 0 aliphatic rings. The Balaban J connectivity index is 1.99. The van der Waals surface area contributed by atoms with Crippen molar-refractivity contribution >= 4 is 11.7 Å². The highest BCUT2D eigenvalue weighted by Gasteiger charge is 2.15. The highest BCUT2D eigenvalue weighted by atomic mass is 16.2. The van der Waals surface area contributed by atoms with Crippen LogP contribution in [0.2, 0.25) is 0 Å². The van der Waals surface area contributed by atoms with Gasteiger partial charge in [-0.15, -0.1) is 0 Å². The topological polar surface area (TPSA) is 68.0 Å². The van der Waals surface area contributed by atoms with Crippen molar-refractivity contribution in [3.8, 4) is 0 Å². The second-order valence-corrected chi connectivity index (χ2v) is 4.45. The van der Waals surface area contributed by atoms with Crippen LogP contribution in [0.25, 0.3) is 0 Å². The van der Waals surface area contributed by atoms with Crippen molar-refractivity contribution in [1.82, 2.24) is 4.98 Å². The number of nitrogens with zero attached hydrogens (tertiary/aromatic N) is 1. The van der Waals surface area contributed by atoms with Gasteiger partial charge in [-0.3, -0.25) is 4.79 Å². The summed E-state index contributed by atoms with van der Waals surface area (Å²) in [6, 6.07) is 12.9. The highest BCUT2D eigenvalue weighted by molar-refractivity contribution is 5.94. The number of aromatic nitrogens is 1. The van der Waals surface area contributed by atoms with Crippen molar-refractivity contribution in [2.45, 2.75) is 19.4 Å². The number of rotatable bonds is 4. The summed E-state index contributed by atoms with van der Waals surface area (Å²) in [5.41, 5.74) is 7.87. The van der Waals surface area contributed by atoms with E-state index >= 15 is 0 Å². The van der Waals surface area contributed by atoms with E-state index in [0.29, 0.717) is 12.2 Å². The molecule has 0 aliphatic heterocycles. The molecule has 1 heterocycles. The molecule has 0 radical (unpaired) electrons.